The third kappa shape index (κ3) is 2.79. The van der Waals surface area contributed by atoms with Gasteiger partial charge in [0.2, 0.25) is 0 Å². The molecule has 2 aromatic heterocycles. The Kier molecular flexibility index (Phi) is 3.78. The monoisotopic (exact) mass is 295 g/mol. The zero-order valence-corrected chi connectivity index (χ0v) is 12.3. The lowest BCUT2D eigenvalue weighted by atomic mass is 10.1. The first-order chi connectivity index (χ1) is 10.6. The maximum atomic E-state index is 12.0. The largest absolute Gasteiger partial charge is 0.364 e. The minimum atomic E-state index is -0.346. The second kappa shape index (κ2) is 5.89. The molecular formula is C17H17N3O2. The molecule has 0 aliphatic rings. The summed E-state index contributed by atoms with van der Waals surface area (Å²) in [5.74, 6) is -0.346. The molecule has 0 unspecified atom stereocenters. The van der Waals surface area contributed by atoms with Crippen molar-refractivity contribution in [1.82, 2.24) is 15.3 Å². The Morgan fingerprint density at radius 2 is 2.00 bits per heavy atom. The summed E-state index contributed by atoms with van der Waals surface area (Å²) < 4.78 is 0. The lowest BCUT2D eigenvalue weighted by Crippen LogP contribution is -2.30. The molecule has 5 nitrogen and oxygen atoms in total. The molecule has 3 N–H and O–H groups in total. The third-order valence-electron chi connectivity index (χ3n) is 3.66. The highest BCUT2D eigenvalue weighted by Crippen LogP contribution is 2.17. The molecule has 0 aliphatic heterocycles. The number of para-hydroxylation sites is 1. The molecule has 0 saturated carbocycles. The summed E-state index contributed by atoms with van der Waals surface area (Å²) >= 11 is 0. The van der Waals surface area contributed by atoms with Crippen molar-refractivity contribution in [2.45, 2.75) is 13.3 Å². The van der Waals surface area contributed by atoms with Crippen LogP contribution in [-0.4, -0.2) is 22.4 Å². The van der Waals surface area contributed by atoms with E-state index >= 15 is 0 Å². The number of amides is 1. The van der Waals surface area contributed by atoms with Crippen LogP contribution in [0.25, 0.3) is 10.9 Å². The van der Waals surface area contributed by atoms with Crippen LogP contribution in [0.5, 0.6) is 0 Å². The first kappa shape index (κ1) is 14.1. The summed E-state index contributed by atoms with van der Waals surface area (Å²) in [6.45, 7) is 2.26. The van der Waals surface area contributed by atoms with Crippen LogP contribution in [-0.2, 0) is 6.42 Å². The molecule has 3 rings (SSSR count). The number of aromatic amines is 2. The predicted molar refractivity (Wildman–Crippen MR) is 86.1 cm³/mol. The number of carbonyl (C=O) groups excluding carboxylic acids is 1. The van der Waals surface area contributed by atoms with E-state index in [-0.39, 0.29) is 16.9 Å². The van der Waals surface area contributed by atoms with Crippen molar-refractivity contribution in [2.24, 2.45) is 0 Å². The number of carbonyl (C=O) groups is 1. The highest BCUT2D eigenvalue weighted by atomic mass is 16.2. The normalized spacial score (nSPS) is 10.8. The van der Waals surface area contributed by atoms with Gasteiger partial charge in [-0.25, -0.2) is 0 Å². The molecule has 3 aromatic rings. The average molecular weight is 295 g/mol. The Balaban J connectivity index is 1.65. The Morgan fingerprint density at radius 1 is 1.18 bits per heavy atom. The summed E-state index contributed by atoms with van der Waals surface area (Å²) in [7, 11) is 0. The lowest BCUT2D eigenvalue weighted by Gasteiger charge is -2.05. The number of H-pyrrole nitrogens is 2. The van der Waals surface area contributed by atoms with Gasteiger partial charge in [0.1, 0.15) is 5.56 Å². The average Bonchev–Trinajstić information content (AvgIpc) is 2.90. The summed E-state index contributed by atoms with van der Waals surface area (Å²) in [6.07, 6.45) is 4.12. The van der Waals surface area contributed by atoms with Crippen LogP contribution < -0.4 is 10.7 Å². The van der Waals surface area contributed by atoms with E-state index in [9.17, 15) is 9.59 Å². The highest BCUT2D eigenvalue weighted by Gasteiger charge is 2.10. The standard InChI is InChI=1S/C17H17N3O2/c1-11-8-16(21)14(10-19-11)17(22)18-7-6-12-9-20-15-5-3-2-4-13(12)15/h2-5,8-10,20H,6-7H2,1H3,(H,18,22)(H,19,21). The molecular weight excluding hydrogens is 278 g/mol. The van der Waals surface area contributed by atoms with Gasteiger partial charge >= 0.3 is 0 Å². The van der Waals surface area contributed by atoms with Crippen LogP contribution in [0, 0.1) is 6.92 Å². The number of aromatic nitrogens is 2. The fourth-order valence-electron chi connectivity index (χ4n) is 2.50. The number of hydrogen-bond donors (Lipinski definition) is 3. The van der Waals surface area contributed by atoms with Gasteiger partial charge in [-0.3, -0.25) is 9.59 Å². The van der Waals surface area contributed by atoms with Gasteiger partial charge in [0, 0.05) is 41.6 Å². The number of pyridine rings is 1. The van der Waals surface area contributed by atoms with Gasteiger partial charge in [0.15, 0.2) is 5.43 Å². The number of fused-ring (bicyclic) bond motifs is 1. The van der Waals surface area contributed by atoms with Gasteiger partial charge in [0.05, 0.1) is 0 Å². The van der Waals surface area contributed by atoms with Crippen molar-refractivity contribution < 1.29 is 4.79 Å². The molecule has 0 aliphatic carbocycles. The van der Waals surface area contributed by atoms with E-state index in [1.54, 1.807) is 6.92 Å². The fourth-order valence-corrected chi connectivity index (χ4v) is 2.50. The first-order valence-electron chi connectivity index (χ1n) is 7.17. The van der Waals surface area contributed by atoms with E-state index in [4.69, 9.17) is 0 Å². The van der Waals surface area contributed by atoms with Crippen molar-refractivity contribution in [3.8, 4) is 0 Å². The predicted octanol–water partition coefficient (Wildman–Crippen LogP) is 2.14. The van der Waals surface area contributed by atoms with E-state index in [0.29, 0.717) is 13.0 Å². The summed E-state index contributed by atoms with van der Waals surface area (Å²) in [6, 6.07) is 9.46. The Morgan fingerprint density at radius 3 is 2.82 bits per heavy atom. The van der Waals surface area contributed by atoms with Crippen LogP contribution in [0.15, 0.2) is 47.5 Å². The molecule has 5 heteroatoms. The quantitative estimate of drug-likeness (QED) is 0.689. The van der Waals surface area contributed by atoms with Crippen molar-refractivity contribution in [3.05, 3.63) is 69.8 Å². The van der Waals surface area contributed by atoms with Crippen molar-refractivity contribution in [2.75, 3.05) is 6.54 Å². The van der Waals surface area contributed by atoms with Gasteiger partial charge in [-0.15, -0.1) is 0 Å². The molecule has 112 valence electrons. The molecule has 22 heavy (non-hydrogen) atoms. The van der Waals surface area contributed by atoms with Crippen LogP contribution in [0.4, 0.5) is 0 Å². The minimum absolute atomic E-state index is 0.143. The van der Waals surface area contributed by atoms with E-state index in [1.807, 2.05) is 30.5 Å². The number of nitrogens with one attached hydrogen (secondary N) is 3. The molecule has 0 atom stereocenters. The first-order valence-corrected chi connectivity index (χ1v) is 7.17. The summed E-state index contributed by atoms with van der Waals surface area (Å²) in [5, 5.41) is 3.95. The van der Waals surface area contributed by atoms with E-state index in [0.717, 1.165) is 22.2 Å². The number of hydrogen-bond acceptors (Lipinski definition) is 2. The van der Waals surface area contributed by atoms with Gasteiger partial charge in [-0.2, -0.15) is 0 Å². The van der Waals surface area contributed by atoms with Gasteiger partial charge in [-0.1, -0.05) is 18.2 Å². The van der Waals surface area contributed by atoms with E-state index < -0.39 is 0 Å². The maximum absolute atomic E-state index is 12.0. The van der Waals surface area contributed by atoms with Crippen LogP contribution in [0.2, 0.25) is 0 Å². The minimum Gasteiger partial charge on any atom is -0.364 e. The summed E-state index contributed by atoms with van der Waals surface area (Å²) in [5.41, 5.74) is 2.85. The van der Waals surface area contributed by atoms with Crippen molar-refractivity contribution >= 4 is 16.8 Å². The van der Waals surface area contributed by atoms with Gasteiger partial charge < -0.3 is 15.3 Å². The second-order valence-electron chi connectivity index (χ2n) is 5.26. The molecule has 0 radical (unpaired) electrons. The van der Waals surface area contributed by atoms with E-state index in [2.05, 4.69) is 15.3 Å². The fraction of sp³-hybridized carbons (Fsp3) is 0.176. The molecule has 0 spiro atoms. The molecule has 1 amide bonds. The smallest absolute Gasteiger partial charge is 0.256 e. The lowest BCUT2D eigenvalue weighted by molar-refractivity contribution is 0.0952. The summed E-state index contributed by atoms with van der Waals surface area (Å²) in [4.78, 5) is 29.9. The molecule has 2 heterocycles. The third-order valence-corrected chi connectivity index (χ3v) is 3.66. The number of rotatable bonds is 4. The molecule has 1 aromatic carbocycles. The van der Waals surface area contributed by atoms with Crippen LogP contribution in [0.1, 0.15) is 21.6 Å². The van der Waals surface area contributed by atoms with Gasteiger partial charge in [0.25, 0.3) is 5.91 Å². The Hall–Kier alpha value is -2.82. The zero-order valence-electron chi connectivity index (χ0n) is 12.3. The van der Waals surface area contributed by atoms with Crippen LogP contribution in [0.3, 0.4) is 0 Å². The molecule has 0 saturated heterocycles. The van der Waals surface area contributed by atoms with Gasteiger partial charge in [-0.05, 0) is 25.0 Å². The van der Waals surface area contributed by atoms with Crippen LogP contribution >= 0.6 is 0 Å². The number of aryl methyl sites for hydroxylation is 1. The Labute approximate surface area is 127 Å². The van der Waals surface area contributed by atoms with Crippen molar-refractivity contribution in [1.29, 1.82) is 0 Å². The SMILES string of the molecule is Cc1cc(=O)c(C(=O)NCCc2c[nH]c3ccccc23)c[nH]1. The van der Waals surface area contributed by atoms with Crippen molar-refractivity contribution in [3.63, 3.8) is 0 Å². The molecule has 0 fully saturated rings. The zero-order chi connectivity index (χ0) is 15.5. The topological polar surface area (TPSA) is 77.8 Å². The number of benzene rings is 1. The van der Waals surface area contributed by atoms with E-state index in [1.165, 1.54) is 12.3 Å². The molecule has 0 bridgehead atoms. The Bertz CT molecular complexity index is 877. The second-order valence-corrected chi connectivity index (χ2v) is 5.26. The highest BCUT2D eigenvalue weighted by molar-refractivity contribution is 5.93. The maximum Gasteiger partial charge on any atom is 0.256 e.